The minimum absolute atomic E-state index is 0.0349. The number of nitrogens with zero attached hydrogens (tertiary/aromatic N) is 4. The van der Waals surface area contributed by atoms with Crippen LogP contribution in [-0.2, 0) is 19.4 Å². The highest BCUT2D eigenvalue weighted by molar-refractivity contribution is 7.92. The van der Waals surface area contributed by atoms with E-state index in [-0.39, 0.29) is 35.6 Å². The van der Waals surface area contributed by atoms with Gasteiger partial charge in [-0.15, -0.1) is 0 Å². The fourth-order valence-corrected chi connectivity index (χ4v) is 5.91. The van der Waals surface area contributed by atoms with E-state index in [9.17, 15) is 18.0 Å². The number of rotatable bonds is 3. The Morgan fingerprint density at radius 3 is 2.50 bits per heavy atom. The summed E-state index contributed by atoms with van der Waals surface area (Å²) in [6.45, 7) is 3.78. The smallest absolute Gasteiger partial charge is 0.414 e. The molecule has 1 aromatic carbocycles. The number of carbonyl (C=O) groups is 2. The van der Waals surface area contributed by atoms with Crippen molar-refractivity contribution in [2.24, 2.45) is 0 Å². The third-order valence-electron chi connectivity index (χ3n) is 6.49. The molecule has 3 aliphatic rings. The van der Waals surface area contributed by atoms with Crippen molar-refractivity contribution in [3.8, 4) is 11.1 Å². The average Bonchev–Trinajstić information content (AvgIpc) is 3.17. The lowest BCUT2D eigenvalue weighted by molar-refractivity contribution is -0.117. The van der Waals surface area contributed by atoms with Gasteiger partial charge in [0.2, 0.25) is 5.91 Å². The molecule has 2 aliphatic heterocycles. The van der Waals surface area contributed by atoms with E-state index in [1.807, 2.05) is 31.3 Å². The van der Waals surface area contributed by atoms with E-state index in [0.717, 1.165) is 30.4 Å². The number of amides is 2. The molecule has 1 aliphatic carbocycles. The molecule has 10 heteroatoms. The second-order valence-corrected chi connectivity index (χ2v) is 11.1. The van der Waals surface area contributed by atoms with Crippen LogP contribution in [0.4, 0.5) is 16.2 Å². The summed E-state index contributed by atoms with van der Waals surface area (Å²) in [7, 11) is -2.95. The topological polar surface area (TPSA) is 102 Å². The zero-order valence-electron chi connectivity index (χ0n) is 18.1. The maximum absolute atomic E-state index is 13.0. The van der Waals surface area contributed by atoms with Gasteiger partial charge in [0.15, 0.2) is 9.84 Å². The van der Waals surface area contributed by atoms with Crippen molar-refractivity contribution in [1.82, 2.24) is 9.78 Å². The van der Waals surface area contributed by atoms with Crippen molar-refractivity contribution in [1.29, 1.82) is 0 Å². The number of hydrogen-bond donors (Lipinski definition) is 0. The van der Waals surface area contributed by atoms with Crippen molar-refractivity contribution < 1.29 is 22.7 Å². The molecule has 0 bridgehead atoms. The summed E-state index contributed by atoms with van der Waals surface area (Å²) in [5.74, 6) is 0.118. The molecule has 2 aromatic rings. The molecule has 0 spiro atoms. The first-order valence-corrected chi connectivity index (χ1v) is 12.7. The van der Waals surface area contributed by atoms with E-state index in [0.29, 0.717) is 17.9 Å². The van der Waals surface area contributed by atoms with Gasteiger partial charge in [-0.3, -0.25) is 14.4 Å². The Hall–Kier alpha value is -2.88. The van der Waals surface area contributed by atoms with Crippen LogP contribution in [0.2, 0.25) is 0 Å². The van der Waals surface area contributed by atoms with Gasteiger partial charge in [-0.05, 0) is 43.9 Å². The summed E-state index contributed by atoms with van der Waals surface area (Å²) in [4.78, 5) is 28.6. The van der Waals surface area contributed by atoms with Crippen molar-refractivity contribution in [2.75, 3.05) is 27.9 Å². The Balaban J connectivity index is 1.48. The largest absolute Gasteiger partial charge is 0.446 e. The van der Waals surface area contributed by atoms with Crippen molar-refractivity contribution >= 4 is 33.2 Å². The van der Waals surface area contributed by atoms with Crippen LogP contribution in [0.1, 0.15) is 39.2 Å². The quantitative estimate of drug-likeness (QED) is 0.701. The Labute approximate surface area is 186 Å². The first kappa shape index (κ1) is 21.0. The van der Waals surface area contributed by atoms with Gasteiger partial charge in [0, 0.05) is 25.2 Å². The van der Waals surface area contributed by atoms with Crippen LogP contribution >= 0.6 is 0 Å². The fourth-order valence-electron chi connectivity index (χ4n) is 4.53. The molecule has 1 saturated carbocycles. The maximum atomic E-state index is 13.0. The van der Waals surface area contributed by atoms with E-state index >= 15 is 0 Å². The predicted molar refractivity (Wildman–Crippen MR) is 119 cm³/mol. The Morgan fingerprint density at radius 2 is 1.88 bits per heavy atom. The lowest BCUT2D eigenvalue weighted by Gasteiger charge is -2.41. The number of fused-ring (bicyclic) bond motifs is 1. The van der Waals surface area contributed by atoms with Crippen molar-refractivity contribution in [2.45, 2.75) is 51.3 Å². The van der Waals surface area contributed by atoms with Gasteiger partial charge in [0.05, 0.1) is 41.2 Å². The van der Waals surface area contributed by atoms with Crippen molar-refractivity contribution in [3.63, 3.8) is 0 Å². The van der Waals surface area contributed by atoms with Crippen molar-refractivity contribution in [3.05, 3.63) is 30.6 Å². The van der Waals surface area contributed by atoms with E-state index in [1.54, 1.807) is 20.7 Å². The van der Waals surface area contributed by atoms with Gasteiger partial charge in [-0.2, -0.15) is 5.10 Å². The first-order valence-electron chi connectivity index (χ1n) is 10.9. The molecule has 32 heavy (non-hydrogen) atoms. The van der Waals surface area contributed by atoms with E-state index < -0.39 is 15.9 Å². The Morgan fingerprint density at radius 1 is 1.12 bits per heavy atom. The maximum Gasteiger partial charge on any atom is 0.414 e. The minimum Gasteiger partial charge on any atom is -0.446 e. The van der Waals surface area contributed by atoms with Crippen LogP contribution in [0.3, 0.4) is 0 Å². The van der Waals surface area contributed by atoms with Crippen LogP contribution in [0, 0.1) is 0 Å². The lowest BCUT2D eigenvalue weighted by atomic mass is 9.96. The molecule has 1 saturated heterocycles. The number of benzene rings is 1. The van der Waals surface area contributed by atoms with E-state index in [4.69, 9.17) is 4.74 Å². The second kappa shape index (κ2) is 7.61. The number of hydrogen-bond acceptors (Lipinski definition) is 6. The van der Waals surface area contributed by atoms with Crippen LogP contribution in [0.15, 0.2) is 30.6 Å². The van der Waals surface area contributed by atoms with Gasteiger partial charge in [0.25, 0.3) is 0 Å². The molecule has 3 heterocycles. The molecule has 1 unspecified atom stereocenters. The summed E-state index contributed by atoms with van der Waals surface area (Å²) >= 11 is 0. The highest BCUT2D eigenvalue weighted by Gasteiger charge is 2.37. The van der Waals surface area contributed by atoms with Gasteiger partial charge < -0.3 is 9.64 Å². The Bertz CT molecular complexity index is 1170. The number of sulfone groups is 1. The fraction of sp³-hybridized carbons (Fsp3) is 0.500. The standard InChI is InChI=1S/C22H26N4O5S/c1-14-10-24(22(28)31-19-4-3-5-19)21-8-16(6-7-20(21)26(14)15(2)27)17-9-23-25(11-17)18-12-32(29,30)13-18/h6-9,11,14,18-19H,3-5,10,12-13H2,1-2H3. The SMILES string of the molecule is CC(=O)N1c2ccc(-c3cnn(C4CS(=O)(=O)C4)c3)cc2N(C(=O)OC2CCC2)CC1C. The summed E-state index contributed by atoms with van der Waals surface area (Å²) in [6, 6.07) is 5.29. The average molecular weight is 459 g/mol. The molecular formula is C22H26N4O5S. The summed E-state index contributed by atoms with van der Waals surface area (Å²) in [5.41, 5.74) is 2.94. The van der Waals surface area contributed by atoms with Gasteiger partial charge >= 0.3 is 6.09 Å². The third kappa shape index (κ3) is 3.66. The zero-order valence-corrected chi connectivity index (χ0v) is 18.9. The van der Waals surface area contributed by atoms with Gasteiger partial charge in [0.1, 0.15) is 6.10 Å². The summed E-state index contributed by atoms with van der Waals surface area (Å²) < 4.78 is 30.3. The molecule has 0 radical (unpaired) electrons. The molecule has 5 rings (SSSR count). The van der Waals surface area contributed by atoms with E-state index in [2.05, 4.69) is 5.10 Å². The van der Waals surface area contributed by atoms with Gasteiger partial charge in [-0.1, -0.05) is 6.07 Å². The predicted octanol–water partition coefficient (Wildman–Crippen LogP) is 2.77. The van der Waals surface area contributed by atoms with E-state index in [1.165, 1.54) is 6.92 Å². The molecule has 9 nitrogen and oxygen atoms in total. The summed E-state index contributed by atoms with van der Waals surface area (Å²) in [5, 5.41) is 4.34. The molecule has 1 aromatic heterocycles. The first-order chi connectivity index (χ1) is 15.2. The second-order valence-electron chi connectivity index (χ2n) is 8.93. The van der Waals surface area contributed by atoms with Gasteiger partial charge in [-0.25, -0.2) is 13.2 Å². The summed E-state index contributed by atoms with van der Waals surface area (Å²) in [6.07, 6.45) is 5.93. The molecule has 2 amide bonds. The van der Waals surface area contributed by atoms with Crippen LogP contribution in [0.25, 0.3) is 11.1 Å². The zero-order chi connectivity index (χ0) is 22.6. The molecule has 2 fully saturated rings. The normalized spacial score (nSPS) is 22.6. The number of aromatic nitrogens is 2. The number of carbonyl (C=O) groups excluding carboxylic acids is 2. The number of anilines is 2. The minimum atomic E-state index is -2.95. The molecule has 0 N–H and O–H groups in total. The molecular weight excluding hydrogens is 432 g/mol. The number of ether oxygens (including phenoxy) is 1. The molecule has 1 atom stereocenters. The van der Waals surface area contributed by atoms with Crippen LogP contribution in [0.5, 0.6) is 0 Å². The van der Waals surface area contributed by atoms with Crippen LogP contribution in [-0.4, -0.2) is 60.4 Å². The highest BCUT2D eigenvalue weighted by Crippen LogP contribution is 2.40. The highest BCUT2D eigenvalue weighted by atomic mass is 32.2. The lowest BCUT2D eigenvalue weighted by Crippen LogP contribution is -2.52. The molecule has 170 valence electrons. The van der Waals surface area contributed by atoms with Crippen LogP contribution < -0.4 is 9.80 Å². The Kier molecular flexibility index (Phi) is 4.99. The monoisotopic (exact) mass is 458 g/mol. The third-order valence-corrected chi connectivity index (χ3v) is 8.28.